The lowest BCUT2D eigenvalue weighted by molar-refractivity contribution is -0.142. The van der Waals surface area contributed by atoms with E-state index in [4.69, 9.17) is 9.47 Å². The van der Waals surface area contributed by atoms with Gasteiger partial charge >= 0.3 is 6.18 Å². The number of aliphatic hydroxyl groups excluding tert-OH is 1. The summed E-state index contributed by atoms with van der Waals surface area (Å²) >= 11 is 0. The van der Waals surface area contributed by atoms with Crippen LogP contribution < -0.4 is 14.8 Å². The van der Waals surface area contributed by atoms with Crippen LogP contribution in [0.2, 0.25) is 0 Å². The molecule has 0 fully saturated rings. The van der Waals surface area contributed by atoms with E-state index >= 15 is 0 Å². The van der Waals surface area contributed by atoms with Gasteiger partial charge in [0.15, 0.2) is 0 Å². The highest BCUT2D eigenvalue weighted by atomic mass is 19.4. The standard InChI is InChI=1S/C33H38F3N3O5/c1-22-18-39(23(2)21-40)32(42)28-17-25(37-31(41)15-16-33(34,35)36)11-14-29(28)44-30(22)20-38(3)19-24-9-12-27(13-10-24)43-26-7-5-4-6-8-26/h4-14,17,22-23,30,40H,15-16,18-21H2,1-3H3,(H,37,41)/t22-,23+,30+/m0/s1. The highest BCUT2D eigenvalue weighted by Gasteiger charge is 2.34. The first kappa shape index (κ1) is 32.8. The van der Waals surface area contributed by atoms with Gasteiger partial charge < -0.3 is 24.8 Å². The van der Waals surface area contributed by atoms with Crippen molar-refractivity contribution >= 4 is 17.5 Å². The molecule has 11 heteroatoms. The topological polar surface area (TPSA) is 91.3 Å². The Hall–Kier alpha value is -4.09. The van der Waals surface area contributed by atoms with Crippen LogP contribution in [-0.4, -0.2) is 71.8 Å². The summed E-state index contributed by atoms with van der Waals surface area (Å²) in [5, 5.41) is 12.3. The van der Waals surface area contributed by atoms with Crippen LogP contribution >= 0.6 is 0 Å². The fraction of sp³-hybridized carbons (Fsp3) is 0.394. The number of aliphatic hydroxyl groups is 1. The van der Waals surface area contributed by atoms with Crippen LogP contribution in [0.4, 0.5) is 18.9 Å². The van der Waals surface area contributed by atoms with Gasteiger partial charge in [0.05, 0.1) is 24.6 Å². The predicted molar refractivity (Wildman–Crippen MR) is 161 cm³/mol. The van der Waals surface area contributed by atoms with E-state index < -0.39 is 36.9 Å². The number of benzene rings is 3. The van der Waals surface area contributed by atoms with Crippen LogP contribution in [0.25, 0.3) is 0 Å². The molecule has 1 aliphatic rings. The monoisotopic (exact) mass is 613 g/mol. The Morgan fingerprint density at radius 3 is 2.45 bits per heavy atom. The van der Waals surface area contributed by atoms with Gasteiger partial charge in [-0.25, -0.2) is 0 Å². The van der Waals surface area contributed by atoms with Gasteiger partial charge in [-0.1, -0.05) is 37.3 Å². The van der Waals surface area contributed by atoms with Gasteiger partial charge in [-0.15, -0.1) is 0 Å². The Labute approximate surface area is 255 Å². The van der Waals surface area contributed by atoms with Crippen molar-refractivity contribution in [2.24, 2.45) is 5.92 Å². The lowest BCUT2D eigenvalue weighted by Gasteiger charge is -2.38. The number of nitrogens with one attached hydrogen (secondary N) is 1. The Morgan fingerprint density at radius 2 is 1.80 bits per heavy atom. The lowest BCUT2D eigenvalue weighted by atomic mass is 9.99. The van der Waals surface area contributed by atoms with Crippen LogP contribution in [0.5, 0.6) is 17.2 Å². The van der Waals surface area contributed by atoms with E-state index in [1.54, 1.807) is 17.9 Å². The average Bonchev–Trinajstić information content (AvgIpc) is 2.99. The summed E-state index contributed by atoms with van der Waals surface area (Å²) in [6, 6.07) is 21.3. The van der Waals surface area contributed by atoms with Crippen molar-refractivity contribution in [1.29, 1.82) is 0 Å². The molecule has 0 radical (unpaired) electrons. The molecule has 236 valence electrons. The number of likely N-dealkylation sites (N-methyl/N-ethyl adjacent to an activating group) is 1. The molecule has 3 aromatic carbocycles. The van der Waals surface area contributed by atoms with Crippen LogP contribution in [0, 0.1) is 5.92 Å². The summed E-state index contributed by atoms with van der Waals surface area (Å²) in [6.45, 7) is 4.93. The van der Waals surface area contributed by atoms with Crippen molar-refractivity contribution in [3.8, 4) is 17.2 Å². The zero-order chi connectivity index (χ0) is 31.9. The number of hydrogen-bond acceptors (Lipinski definition) is 6. The summed E-state index contributed by atoms with van der Waals surface area (Å²) in [7, 11) is 1.98. The quantitative estimate of drug-likeness (QED) is 0.271. The molecule has 4 rings (SSSR count). The maximum absolute atomic E-state index is 13.6. The third-order valence-corrected chi connectivity index (χ3v) is 7.43. The highest BCUT2D eigenvalue weighted by Crippen LogP contribution is 2.31. The molecule has 0 spiro atoms. The number of hydrogen-bond donors (Lipinski definition) is 2. The van der Waals surface area contributed by atoms with Gasteiger partial charge in [0.25, 0.3) is 5.91 Å². The smallest absolute Gasteiger partial charge is 0.389 e. The van der Waals surface area contributed by atoms with Gasteiger partial charge in [-0.3, -0.25) is 14.5 Å². The Bertz CT molecular complexity index is 1400. The van der Waals surface area contributed by atoms with Crippen molar-refractivity contribution in [3.63, 3.8) is 0 Å². The van der Waals surface area contributed by atoms with Crippen LogP contribution in [0.1, 0.15) is 42.6 Å². The summed E-state index contributed by atoms with van der Waals surface area (Å²) in [4.78, 5) is 29.4. The SMILES string of the molecule is C[C@H](CO)N1C[C@H](C)[C@@H](CN(C)Cc2ccc(Oc3ccccc3)cc2)Oc2ccc(NC(=O)CCC(F)(F)F)cc2C1=O. The minimum Gasteiger partial charge on any atom is -0.488 e. The molecule has 1 heterocycles. The molecule has 2 N–H and O–H groups in total. The first-order chi connectivity index (χ1) is 20.9. The van der Waals surface area contributed by atoms with E-state index in [1.165, 1.54) is 12.1 Å². The molecule has 0 aliphatic carbocycles. The number of carbonyl (C=O) groups excluding carboxylic acids is 2. The molecule has 0 unspecified atom stereocenters. The minimum atomic E-state index is -4.45. The van der Waals surface area contributed by atoms with Crippen molar-refractivity contribution in [1.82, 2.24) is 9.80 Å². The fourth-order valence-electron chi connectivity index (χ4n) is 4.97. The maximum atomic E-state index is 13.6. The average molecular weight is 614 g/mol. The predicted octanol–water partition coefficient (Wildman–Crippen LogP) is 6.11. The van der Waals surface area contributed by atoms with E-state index in [9.17, 15) is 27.9 Å². The third kappa shape index (κ3) is 9.20. The molecular weight excluding hydrogens is 575 g/mol. The summed E-state index contributed by atoms with van der Waals surface area (Å²) < 4.78 is 50.0. The number of fused-ring (bicyclic) bond motifs is 1. The molecule has 0 aromatic heterocycles. The van der Waals surface area contributed by atoms with Gasteiger partial charge in [0, 0.05) is 37.7 Å². The number of alkyl halides is 3. The molecule has 0 bridgehead atoms. The van der Waals surface area contributed by atoms with E-state index in [0.717, 1.165) is 17.1 Å². The summed E-state index contributed by atoms with van der Waals surface area (Å²) in [6.07, 6.45) is -6.76. The number of nitrogens with zero attached hydrogens (tertiary/aromatic N) is 2. The van der Waals surface area contributed by atoms with Crippen LogP contribution in [0.15, 0.2) is 72.8 Å². The number of para-hydroxylation sites is 1. The minimum absolute atomic E-state index is 0.105. The van der Waals surface area contributed by atoms with Gasteiger partial charge in [0.2, 0.25) is 5.91 Å². The second kappa shape index (κ2) is 14.6. The van der Waals surface area contributed by atoms with Crippen molar-refractivity contribution in [2.45, 2.75) is 51.6 Å². The molecule has 0 saturated carbocycles. The molecule has 1 aliphatic heterocycles. The van der Waals surface area contributed by atoms with Gasteiger partial charge in [0.1, 0.15) is 23.4 Å². The summed E-state index contributed by atoms with van der Waals surface area (Å²) in [5.74, 6) is 0.471. The number of anilines is 1. The molecule has 44 heavy (non-hydrogen) atoms. The first-order valence-corrected chi connectivity index (χ1v) is 14.5. The lowest BCUT2D eigenvalue weighted by Crippen LogP contribution is -2.49. The third-order valence-electron chi connectivity index (χ3n) is 7.43. The number of carbonyl (C=O) groups is 2. The zero-order valence-corrected chi connectivity index (χ0v) is 25.0. The number of rotatable bonds is 11. The summed E-state index contributed by atoms with van der Waals surface area (Å²) in [5.41, 5.74) is 1.42. The van der Waals surface area contributed by atoms with Gasteiger partial charge in [-0.2, -0.15) is 13.2 Å². The van der Waals surface area contributed by atoms with Gasteiger partial charge in [-0.05, 0) is 62.0 Å². The number of ether oxygens (including phenoxy) is 2. The molecule has 0 saturated heterocycles. The normalized spacial score (nSPS) is 17.7. The molecule has 3 atom stereocenters. The molecular formula is C33H38F3N3O5. The molecule has 3 aromatic rings. The van der Waals surface area contributed by atoms with Crippen LogP contribution in [-0.2, 0) is 11.3 Å². The van der Waals surface area contributed by atoms with E-state index in [2.05, 4.69) is 10.2 Å². The zero-order valence-electron chi connectivity index (χ0n) is 25.0. The maximum Gasteiger partial charge on any atom is 0.389 e. The molecule has 2 amide bonds. The Kier molecular flexibility index (Phi) is 10.9. The first-order valence-electron chi connectivity index (χ1n) is 14.5. The van der Waals surface area contributed by atoms with E-state index in [-0.39, 0.29) is 29.9 Å². The van der Waals surface area contributed by atoms with Crippen molar-refractivity contribution in [3.05, 3.63) is 83.9 Å². The van der Waals surface area contributed by atoms with Crippen LogP contribution in [0.3, 0.4) is 0 Å². The van der Waals surface area contributed by atoms with Crippen molar-refractivity contribution < 1.29 is 37.3 Å². The Balaban J connectivity index is 1.48. The molecule has 8 nitrogen and oxygen atoms in total. The van der Waals surface area contributed by atoms with Crippen molar-refractivity contribution in [2.75, 3.05) is 32.1 Å². The Morgan fingerprint density at radius 1 is 1.11 bits per heavy atom. The number of halogens is 3. The largest absolute Gasteiger partial charge is 0.488 e. The second-order valence-electron chi connectivity index (χ2n) is 11.3. The fourth-order valence-corrected chi connectivity index (χ4v) is 4.97. The highest BCUT2D eigenvalue weighted by molar-refractivity contribution is 5.99. The van der Waals surface area contributed by atoms with E-state index in [0.29, 0.717) is 25.4 Å². The second-order valence-corrected chi connectivity index (χ2v) is 11.3. The van der Waals surface area contributed by atoms with E-state index in [1.807, 2.05) is 68.6 Å². The number of amides is 2.